The number of carbonyl (C=O) groups excluding carboxylic acids is 1. The third-order valence-electron chi connectivity index (χ3n) is 5.56. The van der Waals surface area contributed by atoms with Gasteiger partial charge in [0.15, 0.2) is 11.0 Å². The number of anilines is 1. The van der Waals surface area contributed by atoms with Crippen LogP contribution in [-0.4, -0.2) is 46.7 Å². The van der Waals surface area contributed by atoms with E-state index >= 15 is 0 Å². The summed E-state index contributed by atoms with van der Waals surface area (Å²) in [7, 11) is 1.68. The van der Waals surface area contributed by atoms with Gasteiger partial charge in [0.25, 0.3) is 0 Å². The Labute approximate surface area is 208 Å². The smallest absolute Gasteiger partial charge is 0.237 e. The summed E-state index contributed by atoms with van der Waals surface area (Å²) in [5.41, 5.74) is 1.74. The lowest BCUT2D eigenvalue weighted by molar-refractivity contribution is -0.116. The van der Waals surface area contributed by atoms with Crippen LogP contribution in [0.3, 0.4) is 0 Å². The lowest BCUT2D eigenvalue weighted by atomic mass is 10.1. The van der Waals surface area contributed by atoms with Crippen LogP contribution >= 0.6 is 23.4 Å². The summed E-state index contributed by atoms with van der Waals surface area (Å²) in [6.07, 6.45) is 0.796. The van der Waals surface area contributed by atoms with Crippen LogP contribution in [0.4, 0.5) is 5.69 Å². The molecule has 6 nitrogen and oxygen atoms in total. The second-order valence-electron chi connectivity index (χ2n) is 7.71. The van der Waals surface area contributed by atoms with Gasteiger partial charge in [-0.25, -0.2) is 0 Å². The van der Waals surface area contributed by atoms with Crippen LogP contribution in [0.2, 0.25) is 5.02 Å². The standard InChI is InChI=1S/C26H27ClN4O2S/c1-3-30(23-15-8-11-19-10-4-5-12-20(19)23)24(32)18-34-26-29-28-25(31(26)16-9-17-33-2)21-13-6-7-14-22(21)27/h4-8,10-15H,3,9,16-18H2,1-2H3. The number of halogens is 1. The van der Waals surface area contributed by atoms with E-state index < -0.39 is 0 Å². The molecule has 4 rings (SSSR count). The molecule has 0 aliphatic carbocycles. The number of benzene rings is 3. The average molecular weight is 495 g/mol. The number of fused-ring (bicyclic) bond motifs is 1. The van der Waals surface area contributed by atoms with E-state index in [1.807, 2.05) is 64.9 Å². The van der Waals surface area contributed by atoms with E-state index in [0.717, 1.165) is 28.4 Å². The van der Waals surface area contributed by atoms with Gasteiger partial charge < -0.3 is 14.2 Å². The fourth-order valence-electron chi connectivity index (χ4n) is 3.93. The maximum atomic E-state index is 13.3. The number of ether oxygens (including phenoxy) is 1. The lowest BCUT2D eigenvalue weighted by Crippen LogP contribution is -2.32. The summed E-state index contributed by atoms with van der Waals surface area (Å²) in [6.45, 7) is 3.86. The Kier molecular flexibility index (Phi) is 8.21. The molecule has 0 spiro atoms. The van der Waals surface area contributed by atoms with Crippen molar-refractivity contribution >= 4 is 45.7 Å². The number of nitrogens with zero attached hydrogens (tertiary/aromatic N) is 4. The monoisotopic (exact) mass is 494 g/mol. The fraction of sp³-hybridized carbons (Fsp3) is 0.269. The van der Waals surface area contributed by atoms with Crippen molar-refractivity contribution < 1.29 is 9.53 Å². The summed E-state index contributed by atoms with van der Waals surface area (Å²) in [6, 6.07) is 21.7. The molecule has 1 aromatic heterocycles. The number of rotatable bonds is 10. The molecule has 1 amide bonds. The normalized spacial score (nSPS) is 11.1. The highest BCUT2D eigenvalue weighted by atomic mass is 35.5. The Morgan fingerprint density at radius 1 is 1.06 bits per heavy atom. The van der Waals surface area contributed by atoms with Crippen LogP contribution < -0.4 is 4.90 Å². The molecule has 176 valence electrons. The number of methoxy groups -OCH3 is 1. The minimum atomic E-state index is 0.0228. The van der Waals surface area contributed by atoms with Gasteiger partial charge in [0.05, 0.1) is 16.5 Å². The molecule has 0 radical (unpaired) electrons. The average Bonchev–Trinajstić information content (AvgIpc) is 3.26. The van der Waals surface area contributed by atoms with Gasteiger partial charge in [-0.15, -0.1) is 10.2 Å². The van der Waals surface area contributed by atoms with Gasteiger partial charge in [-0.1, -0.05) is 71.9 Å². The second kappa shape index (κ2) is 11.5. The second-order valence-corrected chi connectivity index (χ2v) is 9.06. The maximum Gasteiger partial charge on any atom is 0.237 e. The summed E-state index contributed by atoms with van der Waals surface area (Å²) in [5.74, 6) is 0.967. The molecule has 0 bridgehead atoms. The van der Waals surface area contributed by atoms with Crippen molar-refractivity contribution in [3.63, 3.8) is 0 Å². The maximum absolute atomic E-state index is 13.3. The fourth-order valence-corrected chi connectivity index (χ4v) is 5.00. The van der Waals surface area contributed by atoms with Crippen LogP contribution in [0.5, 0.6) is 0 Å². The zero-order chi connectivity index (χ0) is 23.9. The number of hydrogen-bond donors (Lipinski definition) is 0. The first-order valence-corrected chi connectivity index (χ1v) is 12.6. The van der Waals surface area contributed by atoms with E-state index in [4.69, 9.17) is 16.3 Å². The molecule has 0 atom stereocenters. The van der Waals surface area contributed by atoms with E-state index in [9.17, 15) is 4.79 Å². The van der Waals surface area contributed by atoms with Gasteiger partial charge in [-0.2, -0.15) is 0 Å². The van der Waals surface area contributed by atoms with E-state index in [1.54, 1.807) is 7.11 Å². The molecular formula is C26H27ClN4O2S. The van der Waals surface area contributed by atoms with E-state index in [-0.39, 0.29) is 11.7 Å². The summed E-state index contributed by atoms with van der Waals surface area (Å²) in [5, 5.41) is 12.3. The third-order valence-corrected chi connectivity index (χ3v) is 6.84. The Bertz CT molecular complexity index is 1270. The van der Waals surface area contributed by atoms with Crippen LogP contribution in [-0.2, 0) is 16.1 Å². The van der Waals surface area contributed by atoms with Gasteiger partial charge in [0, 0.05) is 37.8 Å². The summed E-state index contributed by atoms with van der Waals surface area (Å²) < 4.78 is 7.25. The van der Waals surface area contributed by atoms with Gasteiger partial charge in [0.1, 0.15) is 0 Å². The van der Waals surface area contributed by atoms with Crippen LogP contribution in [0.15, 0.2) is 71.9 Å². The summed E-state index contributed by atoms with van der Waals surface area (Å²) in [4.78, 5) is 15.1. The molecule has 1 heterocycles. The Hall–Kier alpha value is -2.87. The van der Waals surface area contributed by atoms with Crippen molar-refractivity contribution in [2.75, 3.05) is 30.9 Å². The number of hydrogen-bond acceptors (Lipinski definition) is 5. The lowest BCUT2D eigenvalue weighted by Gasteiger charge is -2.22. The molecule has 3 aromatic carbocycles. The molecule has 0 saturated heterocycles. The van der Waals surface area contributed by atoms with E-state index in [2.05, 4.69) is 28.4 Å². The van der Waals surface area contributed by atoms with E-state index in [0.29, 0.717) is 35.7 Å². The first-order valence-electron chi connectivity index (χ1n) is 11.2. The molecule has 0 N–H and O–H groups in total. The van der Waals surface area contributed by atoms with Gasteiger partial charge in [-0.05, 0) is 36.9 Å². The van der Waals surface area contributed by atoms with Crippen molar-refractivity contribution in [3.05, 3.63) is 71.8 Å². The zero-order valence-electron chi connectivity index (χ0n) is 19.3. The third kappa shape index (κ3) is 5.27. The minimum absolute atomic E-state index is 0.0228. The van der Waals surface area contributed by atoms with Gasteiger partial charge in [-0.3, -0.25) is 4.79 Å². The summed E-state index contributed by atoms with van der Waals surface area (Å²) >= 11 is 7.82. The molecule has 0 aliphatic rings. The van der Waals surface area contributed by atoms with Crippen LogP contribution in [0, 0.1) is 0 Å². The number of aromatic nitrogens is 3. The van der Waals surface area contributed by atoms with Crippen LogP contribution in [0.1, 0.15) is 13.3 Å². The highest BCUT2D eigenvalue weighted by Crippen LogP contribution is 2.31. The zero-order valence-corrected chi connectivity index (χ0v) is 20.9. The Morgan fingerprint density at radius 2 is 1.82 bits per heavy atom. The van der Waals surface area contributed by atoms with Crippen molar-refractivity contribution in [1.82, 2.24) is 14.8 Å². The predicted molar refractivity (Wildman–Crippen MR) is 140 cm³/mol. The molecule has 8 heteroatoms. The Morgan fingerprint density at radius 3 is 2.62 bits per heavy atom. The quantitative estimate of drug-likeness (QED) is 0.202. The van der Waals surface area contributed by atoms with Gasteiger partial charge >= 0.3 is 0 Å². The number of thioether (sulfide) groups is 1. The predicted octanol–water partition coefficient (Wildman–Crippen LogP) is 5.93. The first-order chi connectivity index (χ1) is 16.6. The number of amides is 1. The molecule has 0 unspecified atom stereocenters. The van der Waals surface area contributed by atoms with Crippen molar-refractivity contribution in [3.8, 4) is 11.4 Å². The SMILES string of the molecule is CCN(C(=O)CSc1nnc(-c2ccccc2Cl)n1CCCOC)c1cccc2ccccc12. The van der Waals surface area contributed by atoms with Crippen molar-refractivity contribution in [2.45, 2.75) is 25.0 Å². The molecule has 0 aliphatic heterocycles. The van der Waals surface area contributed by atoms with Crippen molar-refractivity contribution in [2.24, 2.45) is 0 Å². The van der Waals surface area contributed by atoms with E-state index in [1.165, 1.54) is 11.8 Å². The molecule has 4 aromatic rings. The molecule has 0 saturated carbocycles. The molecule has 34 heavy (non-hydrogen) atoms. The molecule has 0 fully saturated rings. The highest BCUT2D eigenvalue weighted by molar-refractivity contribution is 7.99. The van der Waals surface area contributed by atoms with Gasteiger partial charge in [0.2, 0.25) is 5.91 Å². The van der Waals surface area contributed by atoms with Crippen LogP contribution in [0.25, 0.3) is 22.2 Å². The minimum Gasteiger partial charge on any atom is -0.385 e. The Balaban J connectivity index is 1.57. The number of carbonyl (C=O) groups is 1. The van der Waals surface area contributed by atoms with Crippen molar-refractivity contribution in [1.29, 1.82) is 0 Å². The topological polar surface area (TPSA) is 60.2 Å². The highest BCUT2D eigenvalue weighted by Gasteiger charge is 2.20. The first kappa shape index (κ1) is 24.3. The molecular weight excluding hydrogens is 468 g/mol. The largest absolute Gasteiger partial charge is 0.385 e.